The smallest absolute Gasteiger partial charge is 0.273 e. The van der Waals surface area contributed by atoms with Crippen molar-refractivity contribution in [2.45, 2.75) is 19.9 Å². The molecule has 0 heterocycles. The molecule has 126 valence electrons. The van der Waals surface area contributed by atoms with Crippen molar-refractivity contribution < 1.29 is 14.5 Å². The van der Waals surface area contributed by atoms with Gasteiger partial charge in [-0.2, -0.15) is 0 Å². The van der Waals surface area contributed by atoms with Crippen molar-refractivity contribution in [3.8, 4) is 5.75 Å². The predicted octanol–water partition coefficient (Wildman–Crippen LogP) is 3.75. The van der Waals surface area contributed by atoms with Crippen molar-refractivity contribution in [2.24, 2.45) is 0 Å². The van der Waals surface area contributed by atoms with E-state index in [0.717, 1.165) is 5.56 Å². The number of para-hydroxylation sites is 1. The number of rotatable bonds is 5. The lowest BCUT2D eigenvalue weighted by atomic mass is 10.0. The molecule has 24 heavy (non-hydrogen) atoms. The zero-order chi connectivity index (χ0) is 17.9. The number of nitrogens with zero attached hydrogens (tertiary/aromatic N) is 2. The van der Waals surface area contributed by atoms with E-state index < -0.39 is 4.92 Å². The van der Waals surface area contributed by atoms with Crippen molar-refractivity contribution in [1.29, 1.82) is 0 Å². The summed E-state index contributed by atoms with van der Waals surface area (Å²) >= 11 is 0. The molecule has 0 saturated carbocycles. The van der Waals surface area contributed by atoms with E-state index in [4.69, 9.17) is 4.74 Å². The molecular weight excluding hydrogens is 308 g/mol. The Labute approximate surface area is 140 Å². The Morgan fingerprint density at radius 1 is 1.25 bits per heavy atom. The van der Waals surface area contributed by atoms with Gasteiger partial charge in [0.15, 0.2) is 0 Å². The number of benzene rings is 2. The molecule has 0 aliphatic rings. The molecule has 1 atom stereocenters. The number of amides is 1. The van der Waals surface area contributed by atoms with E-state index in [2.05, 4.69) is 0 Å². The second-order valence-electron chi connectivity index (χ2n) is 5.59. The molecule has 6 heteroatoms. The van der Waals surface area contributed by atoms with Gasteiger partial charge in [-0.05, 0) is 26.0 Å². The van der Waals surface area contributed by atoms with E-state index in [1.807, 2.05) is 31.2 Å². The Kier molecular flexibility index (Phi) is 5.18. The second-order valence-corrected chi connectivity index (χ2v) is 5.59. The number of carbonyl (C=O) groups is 1. The van der Waals surface area contributed by atoms with Crippen LogP contribution in [-0.2, 0) is 0 Å². The summed E-state index contributed by atoms with van der Waals surface area (Å²) in [6.07, 6.45) is 0. The van der Waals surface area contributed by atoms with Crippen LogP contribution in [0.5, 0.6) is 5.75 Å². The maximum Gasteiger partial charge on any atom is 0.273 e. The molecule has 0 fully saturated rings. The van der Waals surface area contributed by atoms with Gasteiger partial charge in [0.1, 0.15) is 5.75 Å². The highest BCUT2D eigenvalue weighted by molar-refractivity contribution is 5.95. The normalized spacial score (nSPS) is 11.7. The van der Waals surface area contributed by atoms with E-state index >= 15 is 0 Å². The van der Waals surface area contributed by atoms with E-state index in [0.29, 0.717) is 11.3 Å². The minimum absolute atomic E-state index is 0.0563. The second kappa shape index (κ2) is 7.12. The highest BCUT2D eigenvalue weighted by Crippen LogP contribution is 2.29. The SMILES string of the molecule is COc1ccccc1[C@H](C)N(C)C(=O)c1ccc(C)c([N+](=O)[O-])c1. The number of ether oxygens (including phenoxy) is 1. The van der Waals surface area contributed by atoms with Crippen LogP contribution in [0.3, 0.4) is 0 Å². The van der Waals surface area contributed by atoms with Crippen LogP contribution in [0.25, 0.3) is 0 Å². The zero-order valence-electron chi connectivity index (χ0n) is 14.1. The third-order valence-corrected chi connectivity index (χ3v) is 4.14. The van der Waals surface area contributed by atoms with Gasteiger partial charge in [0.25, 0.3) is 11.6 Å². The minimum Gasteiger partial charge on any atom is -0.496 e. The first kappa shape index (κ1) is 17.5. The van der Waals surface area contributed by atoms with Gasteiger partial charge in [-0.1, -0.05) is 24.3 Å². The van der Waals surface area contributed by atoms with Crippen LogP contribution in [-0.4, -0.2) is 29.9 Å². The third-order valence-electron chi connectivity index (χ3n) is 4.14. The van der Waals surface area contributed by atoms with E-state index in [1.165, 1.54) is 6.07 Å². The Morgan fingerprint density at radius 3 is 2.54 bits per heavy atom. The molecule has 1 amide bonds. The molecule has 0 aliphatic heterocycles. The molecule has 0 aromatic heterocycles. The van der Waals surface area contributed by atoms with Crippen LogP contribution >= 0.6 is 0 Å². The van der Waals surface area contributed by atoms with Gasteiger partial charge in [-0.3, -0.25) is 14.9 Å². The predicted molar refractivity (Wildman–Crippen MR) is 91.3 cm³/mol. The molecule has 0 saturated heterocycles. The molecule has 0 N–H and O–H groups in total. The first-order chi connectivity index (χ1) is 11.4. The van der Waals surface area contributed by atoms with Gasteiger partial charge in [0, 0.05) is 29.8 Å². The Balaban J connectivity index is 2.32. The van der Waals surface area contributed by atoms with Crippen molar-refractivity contribution >= 4 is 11.6 Å². The van der Waals surface area contributed by atoms with E-state index in [-0.39, 0.29) is 23.2 Å². The van der Waals surface area contributed by atoms with Crippen LogP contribution in [0.4, 0.5) is 5.69 Å². The average molecular weight is 328 g/mol. The molecule has 2 rings (SSSR count). The third kappa shape index (κ3) is 3.37. The minimum atomic E-state index is -0.476. The fourth-order valence-electron chi connectivity index (χ4n) is 2.54. The summed E-state index contributed by atoms with van der Waals surface area (Å²) in [7, 11) is 3.25. The molecule has 0 spiro atoms. The van der Waals surface area contributed by atoms with Crippen LogP contribution < -0.4 is 4.74 Å². The molecule has 0 radical (unpaired) electrons. The lowest BCUT2D eigenvalue weighted by molar-refractivity contribution is -0.385. The fraction of sp³-hybridized carbons (Fsp3) is 0.278. The molecule has 6 nitrogen and oxygen atoms in total. The summed E-state index contributed by atoms with van der Waals surface area (Å²) in [5.74, 6) is 0.413. The number of nitro benzene ring substituents is 1. The standard InChI is InChI=1S/C18H20N2O4/c1-12-9-10-14(11-16(12)20(22)23)18(21)19(3)13(2)15-7-5-6-8-17(15)24-4/h5-11,13H,1-4H3/t13-/m0/s1. The Morgan fingerprint density at radius 2 is 1.92 bits per heavy atom. The Bertz CT molecular complexity index is 773. The number of hydrogen-bond donors (Lipinski definition) is 0. The topological polar surface area (TPSA) is 72.7 Å². The first-order valence-electron chi connectivity index (χ1n) is 7.52. The molecular formula is C18H20N2O4. The Hall–Kier alpha value is -2.89. The van der Waals surface area contributed by atoms with E-state index in [9.17, 15) is 14.9 Å². The number of nitro groups is 1. The fourth-order valence-corrected chi connectivity index (χ4v) is 2.54. The van der Waals surface area contributed by atoms with Gasteiger partial charge >= 0.3 is 0 Å². The largest absolute Gasteiger partial charge is 0.496 e. The summed E-state index contributed by atoms with van der Waals surface area (Å²) in [6.45, 7) is 3.53. The quantitative estimate of drug-likeness (QED) is 0.619. The summed E-state index contributed by atoms with van der Waals surface area (Å²) in [4.78, 5) is 24.8. The number of carbonyl (C=O) groups excluding carboxylic acids is 1. The van der Waals surface area contributed by atoms with E-state index in [1.54, 1.807) is 38.1 Å². The van der Waals surface area contributed by atoms with Gasteiger partial charge in [0.05, 0.1) is 18.1 Å². The summed E-state index contributed by atoms with van der Waals surface area (Å²) < 4.78 is 5.34. The maximum atomic E-state index is 12.7. The number of methoxy groups -OCH3 is 1. The molecule has 0 aliphatic carbocycles. The van der Waals surface area contributed by atoms with Gasteiger partial charge in [-0.15, -0.1) is 0 Å². The summed E-state index contributed by atoms with van der Waals surface area (Å²) in [5.41, 5.74) is 1.63. The van der Waals surface area contributed by atoms with Crippen molar-refractivity contribution in [3.05, 3.63) is 69.3 Å². The summed E-state index contributed by atoms with van der Waals surface area (Å²) in [5, 5.41) is 11.1. The first-order valence-corrected chi connectivity index (χ1v) is 7.52. The monoisotopic (exact) mass is 328 g/mol. The number of aryl methyl sites for hydroxylation is 1. The molecule has 0 unspecified atom stereocenters. The highest BCUT2D eigenvalue weighted by Gasteiger charge is 2.23. The lowest BCUT2D eigenvalue weighted by Crippen LogP contribution is -2.30. The molecule has 2 aromatic rings. The van der Waals surface area contributed by atoms with Crippen LogP contribution in [0, 0.1) is 17.0 Å². The molecule has 0 bridgehead atoms. The van der Waals surface area contributed by atoms with Crippen LogP contribution in [0.15, 0.2) is 42.5 Å². The van der Waals surface area contributed by atoms with Gasteiger partial charge in [0.2, 0.25) is 0 Å². The van der Waals surface area contributed by atoms with Crippen LogP contribution in [0.1, 0.15) is 34.5 Å². The molecule has 2 aromatic carbocycles. The van der Waals surface area contributed by atoms with Crippen molar-refractivity contribution in [1.82, 2.24) is 4.90 Å². The summed E-state index contributed by atoms with van der Waals surface area (Å²) in [6, 6.07) is 11.7. The van der Waals surface area contributed by atoms with Crippen molar-refractivity contribution in [3.63, 3.8) is 0 Å². The van der Waals surface area contributed by atoms with Crippen LogP contribution in [0.2, 0.25) is 0 Å². The maximum absolute atomic E-state index is 12.7. The van der Waals surface area contributed by atoms with Gasteiger partial charge in [-0.25, -0.2) is 0 Å². The van der Waals surface area contributed by atoms with Crippen molar-refractivity contribution in [2.75, 3.05) is 14.2 Å². The van der Waals surface area contributed by atoms with Gasteiger partial charge < -0.3 is 9.64 Å². The zero-order valence-corrected chi connectivity index (χ0v) is 14.1. The highest BCUT2D eigenvalue weighted by atomic mass is 16.6. The number of hydrogen-bond acceptors (Lipinski definition) is 4. The average Bonchev–Trinajstić information content (AvgIpc) is 2.59. The lowest BCUT2D eigenvalue weighted by Gasteiger charge is -2.26.